The topological polar surface area (TPSA) is 68.0 Å². The number of anilines is 1. The Bertz CT molecular complexity index is 1070. The molecule has 4 rings (SSSR count). The van der Waals surface area contributed by atoms with E-state index < -0.39 is 23.2 Å². The number of halogens is 2. The van der Waals surface area contributed by atoms with Crippen molar-refractivity contribution < 1.29 is 18.0 Å². The quantitative estimate of drug-likeness (QED) is 0.555. The van der Waals surface area contributed by atoms with Crippen LogP contribution >= 0.6 is 0 Å². The number of benzene rings is 2. The van der Waals surface area contributed by atoms with Gasteiger partial charge in [-0.2, -0.15) is 4.39 Å². The smallest absolute Gasteiger partial charge is 0.258 e. The van der Waals surface area contributed by atoms with E-state index in [9.17, 15) is 13.6 Å². The molecule has 0 saturated carbocycles. The summed E-state index contributed by atoms with van der Waals surface area (Å²) >= 11 is 0. The van der Waals surface area contributed by atoms with E-state index in [1.165, 1.54) is 0 Å². The maximum atomic E-state index is 13.6. The summed E-state index contributed by atoms with van der Waals surface area (Å²) in [6, 6.07) is 15.2. The van der Waals surface area contributed by atoms with Gasteiger partial charge in [-0.3, -0.25) is 4.79 Å². The largest absolute Gasteiger partial charge is 0.436 e. The van der Waals surface area contributed by atoms with Crippen LogP contribution < -0.4 is 5.32 Å². The Hall–Kier alpha value is -3.61. The zero-order valence-corrected chi connectivity index (χ0v) is 13.2. The standard InChI is InChI=1S/C19H11F2N3O2/c20-16-13(9-10-22-17(16)21)18(25)23-12-7-5-11(6-8-12)19-24-14-3-1-2-4-15(14)26-19/h1-10H,(H,23,25). The third-order valence-electron chi connectivity index (χ3n) is 3.77. The van der Waals surface area contributed by atoms with Crippen LogP contribution in [0.15, 0.2) is 65.2 Å². The lowest BCUT2D eigenvalue weighted by molar-refractivity contribution is 0.102. The number of nitrogens with one attached hydrogen (secondary N) is 1. The number of aromatic nitrogens is 2. The van der Waals surface area contributed by atoms with Crippen molar-refractivity contribution in [3.05, 3.63) is 78.1 Å². The molecule has 1 N–H and O–H groups in total. The number of hydrogen-bond donors (Lipinski definition) is 1. The van der Waals surface area contributed by atoms with Gasteiger partial charge in [0.15, 0.2) is 11.4 Å². The van der Waals surface area contributed by atoms with Gasteiger partial charge in [0.2, 0.25) is 11.8 Å². The molecular formula is C19H11F2N3O2. The van der Waals surface area contributed by atoms with Crippen molar-refractivity contribution >= 4 is 22.7 Å². The van der Waals surface area contributed by atoms with Crippen molar-refractivity contribution in [3.8, 4) is 11.5 Å². The van der Waals surface area contributed by atoms with Crippen LogP contribution in [0.25, 0.3) is 22.6 Å². The van der Waals surface area contributed by atoms with Gasteiger partial charge in [-0.15, -0.1) is 0 Å². The Morgan fingerprint density at radius 1 is 1.00 bits per heavy atom. The molecule has 0 spiro atoms. The van der Waals surface area contributed by atoms with E-state index in [-0.39, 0.29) is 0 Å². The first kappa shape index (κ1) is 15.9. The van der Waals surface area contributed by atoms with Crippen LogP contribution in [0.4, 0.5) is 14.5 Å². The summed E-state index contributed by atoms with van der Waals surface area (Å²) in [5, 5.41) is 2.51. The summed E-state index contributed by atoms with van der Waals surface area (Å²) < 4.78 is 32.4. The minimum Gasteiger partial charge on any atom is -0.436 e. The van der Waals surface area contributed by atoms with Crippen molar-refractivity contribution in [2.75, 3.05) is 5.32 Å². The Morgan fingerprint density at radius 2 is 1.77 bits per heavy atom. The van der Waals surface area contributed by atoms with Crippen molar-refractivity contribution in [1.29, 1.82) is 0 Å². The maximum absolute atomic E-state index is 13.6. The molecule has 0 radical (unpaired) electrons. The van der Waals surface area contributed by atoms with Crippen LogP contribution in [0.2, 0.25) is 0 Å². The molecule has 2 aromatic heterocycles. The number of nitrogens with zero attached hydrogens (tertiary/aromatic N) is 2. The van der Waals surface area contributed by atoms with Crippen LogP contribution in [-0.4, -0.2) is 15.9 Å². The van der Waals surface area contributed by atoms with Crippen LogP contribution in [0.1, 0.15) is 10.4 Å². The second kappa shape index (κ2) is 6.36. The number of oxazole rings is 1. The second-order valence-corrected chi connectivity index (χ2v) is 5.48. The van der Waals surface area contributed by atoms with Crippen LogP contribution in [0.5, 0.6) is 0 Å². The van der Waals surface area contributed by atoms with Crippen molar-refractivity contribution in [2.45, 2.75) is 0 Å². The zero-order chi connectivity index (χ0) is 18.1. The fourth-order valence-corrected chi connectivity index (χ4v) is 2.48. The van der Waals surface area contributed by atoms with E-state index in [1.54, 1.807) is 24.3 Å². The Kier molecular flexibility index (Phi) is 3.89. The Labute approximate surface area is 146 Å². The maximum Gasteiger partial charge on any atom is 0.258 e. The minimum atomic E-state index is -1.32. The molecule has 0 aliphatic rings. The van der Waals surface area contributed by atoms with Crippen LogP contribution in [0.3, 0.4) is 0 Å². The molecular weight excluding hydrogens is 340 g/mol. The highest BCUT2D eigenvalue weighted by molar-refractivity contribution is 6.04. The molecule has 0 fully saturated rings. The predicted octanol–water partition coefficient (Wildman–Crippen LogP) is 4.42. The van der Waals surface area contributed by atoms with E-state index in [1.807, 2.05) is 24.3 Å². The lowest BCUT2D eigenvalue weighted by Crippen LogP contribution is -2.15. The number of hydrogen-bond acceptors (Lipinski definition) is 4. The molecule has 2 aromatic carbocycles. The van der Waals surface area contributed by atoms with Gasteiger partial charge in [-0.1, -0.05) is 12.1 Å². The molecule has 2 heterocycles. The van der Waals surface area contributed by atoms with Crippen LogP contribution in [-0.2, 0) is 0 Å². The third kappa shape index (κ3) is 2.90. The van der Waals surface area contributed by atoms with Gasteiger partial charge in [-0.25, -0.2) is 14.4 Å². The van der Waals surface area contributed by atoms with E-state index in [0.717, 1.165) is 23.3 Å². The summed E-state index contributed by atoms with van der Waals surface area (Å²) in [6.45, 7) is 0. The highest BCUT2D eigenvalue weighted by Crippen LogP contribution is 2.25. The summed E-state index contributed by atoms with van der Waals surface area (Å²) in [5.74, 6) is -2.92. The number of carbonyl (C=O) groups is 1. The SMILES string of the molecule is O=C(Nc1ccc(-c2nc3ccccc3o2)cc1)c1ccnc(F)c1F. The number of para-hydroxylation sites is 2. The van der Waals surface area contributed by atoms with E-state index in [0.29, 0.717) is 17.2 Å². The van der Waals surface area contributed by atoms with Gasteiger partial charge in [0.05, 0.1) is 5.56 Å². The predicted molar refractivity (Wildman–Crippen MR) is 91.6 cm³/mol. The minimum absolute atomic E-state index is 0.416. The zero-order valence-electron chi connectivity index (χ0n) is 13.2. The molecule has 0 bridgehead atoms. The molecule has 0 atom stereocenters. The van der Waals surface area contributed by atoms with Crippen LogP contribution in [0, 0.1) is 11.8 Å². The van der Waals surface area contributed by atoms with E-state index in [4.69, 9.17) is 4.42 Å². The molecule has 0 aliphatic carbocycles. The number of amides is 1. The molecule has 7 heteroatoms. The summed E-state index contributed by atoms with van der Waals surface area (Å²) in [5.41, 5.74) is 2.15. The van der Waals surface area contributed by atoms with Gasteiger partial charge in [0.25, 0.3) is 5.91 Å². The average Bonchev–Trinajstić information content (AvgIpc) is 3.08. The van der Waals surface area contributed by atoms with Gasteiger partial charge in [-0.05, 0) is 42.5 Å². The number of pyridine rings is 1. The first-order valence-electron chi connectivity index (χ1n) is 7.69. The van der Waals surface area contributed by atoms with Crippen molar-refractivity contribution in [1.82, 2.24) is 9.97 Å². The number of carbonyl (C=O) groups excluding carboxylic acids is 1. The Morgan fingerprint density at radius 3 is 2.54 bits per heavy atom. The highest BCUT2D eigenvalue weighted by atomic mass is 19.2. The lowest BCUT2D eigenvalue weighted by atomic mass is 10.2. The molecule has 1 amide bonds. The highest BCUT2D eigenvalue weighted by Gasteiger charge is 2.16. The lowest BCUT2D eigenvalue weighted by Gasteiger charge is -2.06. The first-order valence-corrected chi connectivity index (χ1v) is 7.69. The number of fused-ring (bicyclic) bond motifs is 1. The summed E-state index contributed by atoms with van der Waals surface area (Å²) in [7, 11) is 0. The summed E-state index contributed by atoms with van der Waals surface area (Å²) in [6.07, 6.45) is 1.03. The average molecular weight is 351 g/mol. The van der Waals surface area contributed by atoms with E-state index >= 15 is 0 Å². The molecule has 0 unspecified atom stereocenters. The van der Waals surface area contributed by atoms with Gasteiger partial charge in [0.1, 0.15) is 5.52 Å². The molecule has 0 saturated heterocycles. The van der Waals surface area contributed by atoms with E-state index in [2.05, 4.69) is 15.3 Å². The van der Waals surface area contributed by atoms with Crippen molar-refractivity contribution in [3.63, 3.8) is 0 Å². The van der Waals surface area contributed by atoms with Gasteiger partial charge in [0, 0.05) is 17.4 Å². The summed E-state index contributed by atoms with van der Waals surface area (Å²) in [4.78, 5) is 19.6. The van der Waals surface area contributed by atoms with Gasteiger partial charge >= 0.3 is 0 Å². The Balaban J connectivity index is 1.56. The van der Waals surface area contributed by atoms with Crippen molar-refractivity contribution in [2.24, 2.45) is 0 Å². The fourth-order valence-electron chi connectivity index (χ4n) is 2.48. The molecule has 26 heavy (non-hydrogen) atoms. The molecule has 5 nitrogen and oxygen atoms in total. The number of rotatable bonds is 3. The first-order chi connectivity index (χ1) is 12.6. The third-order valence-corrected chi connectivity index (χ3v) is 3.77. The van der Waals surface area contributed by atoms with Gasteiger partial charge < -0.3 is 9.73 Å². The monoisotopic (exact) mass is 351 g/mol. The molecule has 4 aromatic rings. The normalized spacial score (nSPS) is 10.8. The second-order valence-electron chi connectivity index (χ2n) is 5.48. The molecule has 128 valence electrons. The molecule has 0 aliphatic heterocycles. The fraction of sp³-hybridized carbons (Fsp3) is 0.